The quantitative estimate of drug-likeness (QED) is 0.621. The molecule has 1 saturated heterocycles. The van der Waals surface area contributed by atoms with Crippen LogP contribution < -0.4 is 10.6 Å². The third kappa shape index (κ3) is 3.43. The fourth-order valence-electron chi connectivity index (χ4n) is 2.36. The Morgan fingerprint density at radius 1 is 1.50 bits per heavy atom. The zero-order valence-corrected chi connectivity index (χ0v) is 10.6. The SMILES string of the molecule is Cc1cc(NCC[C@H]2CCCN2)cc([N+](=O)[O-])c1. The Balaban J connectivity index is 1.89. The molecule has 1 aromatic carbocycles. The van der Waals surface area contributed by atoms with Crippen LogP contribution in [0, 0.1) is 17.0 Å². The molecular weight excluding hydrogens is 230 g/mol. The van der Waals surface area contributed by atoms with Crippen LogP contribution >= 0.6 is 0 Å². The highest BCUT2D eigenvalue weighted by molar-refractivity contribution is 5.53. The molecule has 5 nitrogen and oxygen atoms in total. The van der Waals surface area contributed by atoms with E-state index in [0.29, 0.717) is 6.04 Å². The van der Waals surface area contributed by atoms with E-state index < -0.39 is 0 Å². The topological polar surface area (TPSA) is 67.2 Å². The van der Waals surface area contributed by atoms with Gasteiger partial charge < -0.3 is 10.6 Å². The minimum atomic E-state index is -0.350. The average Bonchev–Trinajstić information content (AvgIpc) is 2.81. The number of benzene rings is 1. The van der Waals surface area contributed by atoms with E-state index in [0.717, 1.165) is 30.8 Å². The van der Waals surface area contributed by atoms with Gasteiger partial charge in [0.05, 0.1) is 4.92 Å². The van der Waals surface area contributed by atoms with E-state index in [-0.39, 0.29) is 10.6 Å². The molecule has 1 aliphatic heterocycles. The van der Waals surface area contributed by atoms with Crippen molar-refractivity contribution >= 4 is 11.4 Å². The lowest BCUT2D eigenvalue weighted by Gasteiger charge is -2.11. The van der Waals surface area contributed by atoms with E-state index in [1.54, 1.807) is 12.1 Å². The molecule has 0 unspecified atom stereocenters. The largest absolute Gasteiger partial charge is 0.385 e. The van der Waals surface area contributed by atoms with Gasteiger partial charge in [0.1, 0.15) is 0 Å². The van der Waals surface area contributed by atoms with Crippen molar-refractivity contribution in [1.82, 2.24) is 5.32 Å². The first-order valence-corrected chi connectivity index (χ1v) is 6.38. The van der Waals surface area contributed by atoms with E-state index in [1.807, 2.05) is 13.0 Å². The molecule has 0 radical (unpaired) electrons. The molecule has 5 heteroatoms. The summed E-state index contributed by atoms with van der Waals surface area (Å²) >= 11 is 0. The number of aryl methyl sites for hydroxylation is 1. The van der Waals surface area contributed by atoms with Crippen LogP contribution in [0.1, 0.15) is 24.8 Å². The van der Waals surface area contributed by atoms with E-state index in [2.05, 4.69) is 10.6 Å². The maximum absolute atomic E-state index is 10.8. The summed E-state index contributed by atoms with van der Waals surface area (Å²) < 4.78 is 0. The molecule has 1 fully saturated rings. The van der Waals surface area contributed by atoms with Crippen LogP contribution in [0.15, 0.2) is 18.2 Å². The number of non-ortho nitro benzene ring substituents is 1. The van der Waals surface area contributed by atoms with Crippen LogP contribution in [0.2, 0.25) is 0 Å². The highest BCUT2D eigenvalue weighted by atomic mass is 16.6. The van der Waals surface area contributed by atoms with Gasteiger partial charge >= 0.3 is 0 Å². The Morgan fingerprint density at radius 3 is 3.00 bits per heavy atom. The summed E-state index contributed by atoms with van der Waals surface area (Å²) in [5, 5.41) is 17.5. The fraction of sp³-hybridized carbons (Fsp3) is 0.538. The van der Waals surface area contributed by atoms with Crippen molar-refractivity contribution in [3.05, 3.63) is 33.9 Å². The molecule has 1 heterocycles. The third-order valence-corrected chi connectivity index (χ3v) is 3.26. The molecule has 2 N–H and O–H groups in total. The molecular formula is C13H19N3O2. The van der Waals surface area contributed by atoms with Gasteiger partial charge in [0, 0.05) is 30.4 Å². The number of nitro groups is 1. The van der Waals surface area contributed by atoms with Crippen LogP contribution in [0.25, 0.3) is 0 Å². The first-order chi connectivity index (χ1) is 8.65. The first kappa shape index (κ1) is 12.8. The van der Waals surface area contributed by atoms with Crippen molar-refractivity contribution < 1.29 is 4.92 Å². The minimum Gasteiger partial charge on any atom is -0.385 e. The zero-order valence-electron chi connectivity index (χ0n) is 10.6. The number of hydrogen-bond donors (Lipinski definition) is 2. The standard InChI is InChI=1S/C13H19N3O2/c1-10-7-12(9-13(8-10)16(17)18)15-6-4-11-3-2-5-14-11/h7-9,11,14-15H,2-6H2,1H3/t11-/m1/s1. The first-order valence-electron chi connectivity index (χ1n) is 6.38. The van der Waals surface area contributed by atoms with Crippen LogP contribution in [0.5, 0.6) is 0 Å². The summed E-state index contributed by atoms with van der Waals surface area (Å²) in [7, 11) is 0. The van der Waals surface area contributed by atoms with Gasteiger partial charge in [-0.15, -0.1) is 0 Å². The molecule has 0 aliphatic carbocycles. The number of nitrogens with zero attached hydrogens (tertiary/aromatic N) is 1. The summed E-state index contributed by atoms with van der Waals surface area (Å²) in [6.45, 7) is 3.83. The Morgan fingerprint density at radius 2 is 2.33 bits per heavy atom. The molecule has 1 atom stereocenters. The van der Waals surface area contributed by atoms with Gasteiger partial charge in [-0.05, 0) is 44.4 Å². The van der Waals surface area contributed by atoms with E-state index in [9.17, 15) is 10.1 Å². The maximum atomic E-state index is 10.8. The fourth-order valence-corrected chi connectivity index (χ4v) is 2.36. The highest BCUT2D eigenvalue weighted by Crippen LogP contribution is 2.20. The molecule has 18 heavy (non-hydrogen) atoms. The summed E-state index contributed by atoms with van der Waals surface area (Å²) in [4.78, 5) is 10.4. The summed E-state index contributed by atoms with van der Waals surface area (Å²) in [6.07, 6.45) is 3.54. The van der Waals surface area contributed by atoms with E-state index in [4.69, 9.17) is 0 Å². The molecule has 0 spiro atoms. The second kappa shape index (κ2) is 5.82. The van der Waals surface area contributed by atoms with E-state index >= 15 is 0 Å². The van der Waals surface area contributed by atoms with Gasteiger partial charge in [0.15, 0.2) is 0 Å². The van der Waals surface area contributed by atoms with Crippen molar-refractivity contribution in [2.75, 3.05) is 18.4 Å². The van der Waals surface area contributed by atoms with Gasteiger partial charge in [0.25, 0.3) is 5.69 Å². The monoisotopic (exact) mass is 249 g/mol. The van der Waals surface area contributed by atoms with Gasteiger partial charge in [-0.3, -0.25) is 10.1 Å². The minimum absolute atomic E-state index is 0.150. The molecule has 2 rings (SSSR count). The summed E-state index contributed by atoms with van der Waals surface area (Å²) in [5.74, 6) is 0. The van der Waals surface area contributed by atoms with Gasteiger partial charge in [0.2, 0.25) is 0 Å². The Labute approximate surface area is 107 Å². The molecule has 0 amide bonds. The number of hydrogen-bond acceptors (Lipinski definition) is 4. The van der Waals surface area contributed by atoms with Crippen LogP contribution in [0.4, 0.5) is 11.4 Å². The van der Waals surface area contributed by atoms with Crippen LogP contribution in [0.3, 0.4) is 0 Å². The van der Waals surface area contributed by atoms with Crippen molar-refractivity contribution in [2.45, 2.75) is 32.2 Å². The molecule has 98 valence electrons. The summed E-state index contributed by atoms with van der Waals surface area (Å²) in [6, 6.07) is 5.71. The van der Waals surface area contributed by atoms with E-state index in [1.165, 1.54) is 12.8 Å². The van der Waals surface area contributed by atoms with Crippen molar-refractivity contribution in [3.8, 4) is 0 Å². The lowest BCUT2D eigenvalue weighted by Crippen LogP contribution is -2.24. The number of anilines is 1. The van der Waals surface area contributed by atoms with Crippen molar-refractivity contribution in [3.63, 3.8) is 0 Å². The number of nitro benzene ring substituents is 1. The Bertz CT molecular complexity index is 428. The van der Waals surface area contributed by atoms with Gasteiger partial charge in [-0.25, -0.2) is 0 Å². The van der Waals surface area contributed by atoms with Crippen molar-refractivity contribution in [2.24, 2.45) is 0 Å². The molecule has 1 aliphatic rings. The molecule has 0 saturated carbocycles. The predicted octanol–water partition coefficient (Wildman–Crippen LogP) is 2.46. The Hall–Kier alpha value is -1.62. The third-order valence-electron chi connectivity index (χ3n) is 3.26. The van der Waals surface area contributed by atoms with Crippen LogP contribution in [-0.2, 0) is 0 Å². The normalized spacial score (nSPS) is 18.8. The number of nitrogens with one attached hydrogen (secondary N) is 2. The molecule has 1 aromatic rings. The van der Waals surface area contributed by atoms with Gasteiger partial charge in [-0.2, -0.15) is 0 Å². The van der Waals surface area contributed by atoms with Crippen molar-refractivity contribution in [1.29, 1.82) is 0 Å². The highest BCUT2D eigenvalue weighted by Gasteiger charge is 2.13. The predicted molar refractivity (Wildman–Crippen MR) is 72.0 cm³/mol. The Kier molecular flexibility index (Phi) is 4.15. The van der Waals surface area contributed by atoms with Crippen LogP contribution in [-0.4, -0.2) is 24.1 Å². The lowest BCUT2D eigenvalue weighted by atomic mass is 10.1. The number of rotatable bonds is 5. The zero-order chi connectivity index (χ0) is 13.0. The molecule has 0 aromatic heterocycles. The lowest BCUT2D eigenvalue weighted by molar-refractivity contribution is -0.384. The maximum Gasteiger partial charge on any atom is 0.271 e. The second-order valence-electron chi connectivity index (χ2n) is 4.82. The summed E-state index contributed by atoms with van der Waals surface area (Å²) in [5.41, 5.74) is 1.89. The van der Waals surface area contributed by atoms with Gasteiger partial charge in [-0.1, -0.05) is 0 Å². The average molecular weight is 249 g/mol. The smallest absolute Gasteiger partial charge is 0.271 e. The molecule has 0 bridgehead atoms. The second-order valence-corrected chi connectivity index (χ2v) is 4.82.